The maximum atomic E-state index is 9.30. The summed E-state index contributed by atoms with van der Waals surface area (Å²) < 4.78 is 10.7. The van der Waals surface area contributed by atoms with Crippen molar-refractivity contribution in [2.24, 2.45) is 0 Å². The molecule has 0 heterocycles. The zero-order valence-corrected chi connectivity index (χ0v) is 17.2. The van der Waals surface area contributed by atoms with Crippen molar-refractivity contribution in [3.63, 3.8) is 0 Å². The third-order valence-corrected chi connectivity index (χ3v) is 5.00. The average Bonchev–Trinajstić information content (AvgIpc) is 2.78. The number of likely N-dealkylation sites (N-methyl/N-ethyl adjacent to an activating group) is 1. The van der Waals surface area contributed by atoms with Gasteiger partial charge in [-0.3, -0.25) is 0 Å². The van der Waals surface area contributed by atoms with Gasteiger partial charge in [-0.05, 0) is 53.9 Å². The lowest BCUT2D eigenvalue weighted by molar-refractivity contribution is 0.330. The summed E-state index contributed by atoms with van der Waals surface area (Å²) in [4.78, 5) is 2.30. The van der Waals surface area contributed by atoms with E-state index in [1.807, 2.05) is 36.4 Å². The molecule has 3 aromatic carbocycles. The van der Waals surface area contributed by atoms with Gasteiger partial charge in [0, 0.05) is 13.1 Å². The van der Waals surface area contributed by atoms with Crippen LogP contribution >= 0.6 is 0 Å². The molecule has 0 fully saturated rings. The summed E-state index contributed by atoms with van der Waals surface area (Å²) in [5, 5.41) is 9.30. The van der Waals surface area contributed by atoms with Crippen molar-refractivity contribution in [3.8, 4) is 28.7 Å². The molecule has 3 aromatic rings. The Bertz CT molecular complexity index is 990. The van der Waals surface area contributed by atoms with Crippen molar-refractivity contribution in [1.82, 2.24) is 4.90 Å². The average molecular weight is 386 g/mol. The van der Waals surface area contributed by atoms with Gasteiger partial charge in [0.1, 0.15) is 0 Å². The van der Waals surface area contributed by atoms with Gasteiger partial charge in [-0.2, -0.15) is 5.26 Å². The number of nitriles is 1. The first-order chi connectivity index (χ1) is 14.1. The van der Waals surface area contributed by atoms with Gasteiger partial charge in [0.25, 0.3) is 0 Å². The molecule has 4 nitrogen and oxygen atoms in total. The van der Waals surface area contributed by atoms with Crippen molar-refractivity contribution in [2.45, 2.75) is 13.0 Å². The number of nitrogens with zero attached hydrogens (tertiary/aromatic N) is 2. The second-order valence-corrected chi connectivity index (χ2v) is 7.03. The van der Waals surface area contributed by atoms with E-state index in [4.69, 9.17) is 9.47 Å². The second kappa shape index (κ2) is 9.77. The van der Waals surface area contributed by atoms with Crippen LogP contribution in [-0.4, -0.2) is 32.7 Å². The first-order valence-electron chi connectivity index (χ1n) is 9.62. The maximum absolute atomic E-state index is 9.30. The predicted octanol–water partition coefficient (Wildman–Crippen LogP) is 4.92. The van der Waals surface area contributed by atoms with E-state index in [1.165, 1.54) is 11.1 Å². The van der Waals surface area contributed by atoms with Crippen LogP contribution in [0.25, 0.3) is 11.1 Å². The molecular formula is C25H26N2O2. The second-order valence-electron chi connectivity index (χ2n) is 7.03. The van der Waals surface area contributed by atoms with Gasteiger partial charge in [0.05, 0.1) is 25.9 Å². The van der Waals surface area contributed by atoms with Crippen LogP contribution in [0.2, 0.25) is 0 Å². The molecule has 29 heavy (non-hydrogen) atoms. The van der Waals surface area contributed by atoms with Crippen molar-refractivity contribution in [2.75, 3.05) is 27.8 Å². The van der Waals surface area contributed by atoms with Crippen LogP contribution in [0.15, 0.2) is 66.7 Å². The first-order valence-corrected chi connectivity index (χ1v) is 9.62. The van der Waals surface area contributed by atoms with E-state index in [-0.39, 0.29) is 0 Å². The predicted molar refractivity (Wildman–Crippen MR) is 116 cm³/mol. The normalized spacial score (nSPS) is 10.6. The molecule has 0 unspecified atom stereocenters. The Morgan fingerprint density at radius 3 is 2.24 bits per heavy atom. The van der Waals surface area contributed by atoms with Crippen LogP contribution in [-0.2, 0) is 13.0 Å². The molecule has 0 saturated heterocycles. The third kappa shape index (κ3) is 5.16. The minimum Gasteiger partial charge on any atom is -0.493 e. The number of hydrogen-bond acceptors (Lipinski definition) is 4. The van der Waals surface area contributed by atoms with E-state index in [1.54, 1.807) is 14.2 Å². The van der Waals surface area contributed by atoms with Crippen LogP contribution in [0.1, 0.15) is 16.7 Å². The summed E-state index contributed by atoms with van der Waals surface area (Å²) in [6.45, 7) is 1.81. The minimum atomic E-state index is 0.701. The summed E-state index contributed by atoms with van der Waals surface area (Å²) >= 11 is 0. The van der Waals surface area contributed by atoms with E-state index in [0.29, 0.717) is 5.56 Å². The van der Waals surface area contributed by atoms with Gasteiger partial charge in [-0.15, -0.1) is 0 Å². The first kappa shape index (κ1) is 20.4. The molecule has 4 heteroatoms. The zero-order valence-electron chi connectivity index (χ0n) is 17.2. The van der Waals surface area contributed by atoms with Crippen molar-refractivity contribution >= 4 is 0 Å². The summed E-state index contributed by atoms with van der Waals surface area (Å²) in [6.07, 6.45) is 0.935. The Morgan fingerprint density at radius 2 is 1.55 bits per heavy atom. The Kier molecular flexibility index (Phi) is 6.89. The topological polar surface area (TPSA) is 45.5 Å². The van der Waals surface area contributed by atoms with Gasteiger partial charge in [0.2, 0.25) is 0 Å². The monoisotopic (exact) mass is 386 g/mol. The highest BCUT2D eigenvalue weighted by Crippen LogP contribution is 2.28. The molecule has 0 aromatic heterocycles. The van der Waals surface area contributed by atoms with E-state index in [0.717, 1.165) is 42.1 Å². The molecular weight excluding hydrogens is 360 g/mol. The molecule has 0 aliphatic rings. The van der Waals surface area contributed by atoms with Crippen molar-refractivity contribution in [3.05, 3.63) is 83.4 Å². The molecule has 0 N–H and O–H groups in total. The maximum Gasteiger partial charge on any atom is 0.160 e. The van der Waals surface area contributed by atoms with E-state index < -0.39 is 0 Å². The smallest absolute Gasteiger partial charge is 0.160 e. The minimum absolute atomic E-state index is 0.701. The van der Waals surface area contributed by atoms with Gasteiger partial charge >= 0.3 is 0 Å². The fourth-order valence-corrected chi connectivity index (χ4v) is 3.37. The van der Waals surface area contributed by atoms with Crippen LogP contribution in [0.3, 0.4) is 0 Å². The lowest BCUT2D eigenvalue weighted by atomic mass is 9.99. The SMILES string of the molecule is COc1ccc(CCN(C)Cc2ccc(-c3ccccc3C#N)cc2)cc1OC. The lowest BCUT2D eigenvalue weighted by Crippen LogP contribution is -2.20. The molecule has 0 aliphatic carbocycles. The Hall–Kier alpha value is -3.29. The van der Waals surface area contributed by atoms with Gasteiger partial charge in [0.15, 0.2) is 11.5 Å². The third-order valence-electron chi connectivity index (χ3n) is 5.00. The number of methoxy groups -OCH3 is 2. The van der Waals surface area contributed by atoms with Gasteiger partial charge in [-0.1, -0.05) is 48.5 Å². The number of benzene rings is 3. The van der Waals surface area contributed by atoms with E-state index in [2.05, 4.69) is 48.3 Å². The highest BCUT2D eigenvalue weighted by Gasteiger charge is 2.07. The van der Waals surface area contributed by atoms with Crippen molar-refractivity contribution < 1.29 is 9.47 Å². The van der Waals surface area contributed by atoms with Crippen LogP contribution < -0.4 is 9.47 Å². The van der Waals surface area contributed by atoms with E-state index >= 15 is 0 Å². The molecule has 0 radical (unpaired) electrons. The van der Waals surface area contributed by atoms with Gasteiger partial charge in [-0.25, -0.2) is 0 Å². The molecule has 0 aliphatic heterocycles. The van der Waals surface area contributed by atoms with Crippen LogP contribution in [0.5, 0.6) is 11.5 Å². The molecule has 0 bridgehead atoms. The van der Waals surface area contributed by atoms with Gasteiger partial charge < -0.3 is 14.4 Å². The van der Waals surface area contributed by atoms with Crippen LogP contribution in [0, 0.1) is 11.3 Å². The molecule has 0 saturated carbocycles. The molecule has 0 atom stereocenters. The molecule has 0 spiro atoms. The summed E-state index contributed by atoms with van der Waals surface area (Å²) in [7, 11) is 5.43. The van der Waals surface area contributed by atoms with E-state index in [9.17, 15) is 5.26 Å². The molecule has 3 rings (SSSR count). The standard InChI is InChI=1S/C25H26N2O2/c1-27(15-14-19-10-13-24(28-2)25(16-19)29-3)18-20-8-11-21(12-9-20)23-7-5-4-6-22(23)17-26/h4-13,16H,14-15,18H2,1-3H3. The lowest BCUT2D eigenvalue weighted by Gasteiger charge is -2.17. The Morgan fingerprint density at radius 1 is 0.862 bits per heavy atom. The summed E-state index contributed by atoms with van der Waals surface area (Å²) in [5.41, 5.74) is 5.21. The largest absolute Gasteiger partial charge is 0.493 e. The quantitative estimate of drug-likeness (QED) is 0.551. The zero-order chi connectivity index (χ0) is 20.6. The van der Waals surface area contributed by atoms with Crippen molar-refractivity contribution in [1.29, 1.82) is 5.26 Å². The number of rotatable bonds is 8. The molecule has 148 valence electrons. The number of ether oxygens (including phenoxy) is 2. The highest BCUT2D eigenvalue weighted by atomic mass is 16.5. The Balaban J connectivity index is 1.60. The highest BCUT2D eigenvalue weighted by molar-refractivity contribution is 5.70. The molecule has 0 amide bonds. The summed E-state index contributed by atoms with van der Waals surface area (Å²) in [6, 6.07) is 24.5. The summed E-state index contributed by atoms with van der Waals surface area (Å²) in [5.74, 6) is 1.52. The fraction of sp³-hybridized carbons (Fsp3) is 0.240. The Labute approximate surface area is 172 Å². The van der Waals surface area contributed by atoms with Crippen LogP contribution in [0.4, 0.5) is 0 Å². The fourth-order valence-electron chi connectivity index (χ4n) is 3.37. The number of hydrogen-bond donors (Lipinski definition) is 0.